The molecular formula is C20H19N3O5S2. The number of carbonyl (C=O) groups is 3. The number of carbonyl (C=O) groups excluding carboxylic acids is 3. The topological polar surface area (TPSA) is 107 Å². The Kier molecular flexibility index (Phi) is 7.36. The highest BCUT2D eigenvalue weighted by atomic mass is 32.2. The van der Waals surface area contributed by atoms with E-state index >= 15 is 0 Å². The molecule has 0 radical (unpaired) electrons. The van der Waals surface area contributed by atoms with E-state index < -0.39 is 5.97 Å². The molecule has 156 valence electrons. The summed E-state index contributed by atoms with van der Waals surface area (Å²) in [5, 5.41) is 2.83. The molecule has 1 aromatic carbocycles. The maximum absolute atomic E-state index is 12.8. The van der Waals surface area contributed by atoms with Crippen molar-refractivity contribution < 1.29 is 23.9 Å². The SMILES string of the molecule is CCOC(=O)Cc1ncccc1C(=O)Nc1ccc2nc(SCC(=O)OC)sc2c1. The van der Waals surface area contributed by atoms with Crippen LogP contribution in [0.15, 0.2) is 40.9 Å². The molecule has 0 aliphatic carbocycles. The van der Waals surface area contributed by atoms with Crippen molar-refractivity contribution in [3.05, 3.63) is 47.8 Å². The summed E-state index contributed by atoms with van der Waals surface area (Å²) in [7, 11) is 1.34. The van der Waals surface area contributed by atoms with Crippen LogP contribution in [-0.4, -0.2) is 47.3 Å². The molecule has 3 aromatic rings. The lowest BCUT2D eigenvalue weighted by Crippen LogP contribution is -2.18. The van der Waals surface area contributed by atoms with Crippen LogP contribution < -0.4 is 5.32 Å². The molecule has 1 amide bonds. The first-order valence-corrected chi connectivity index (χ1v) is 10.8. The molecule has 0 saturated carbocycles. The predicted octanol–water partition coefficient (Wildman–Crippen LogP) is 3.31. The first-order valence-electron chi connectivity index (χ1n) is 9.01. The van der Waals surface area contributed by atoms with E-state index in [9.17, 15) is 14.4 Å². The predicted molar refractivity (Wildman–Crippen MR) is 115 cm³/mol. The van der Waals surface area contributed by atoms with E-state index in [1.165, 1.54) is 36.4 Å². The van der Waals surface area contributed by atoms with Crippen molar-refractivity contribution in [2.75, 3.05) is 24.8 Å². The number of benzene rings is 1. The van der Waals surface area contributed by atoms with Gasteiger partial charge in [0.15, 0.2) is 4.34 Å². The molecule has 0 unspecified atom stereocenters. The van der Waals surface area contributed by atoms with Crippen molar-refractivity contribution in [3.8, 4) is 0 Å². The van der Waals surface area contributed by atoms with Gasteiger partial charge in [-0.15, -0.1) is 11.3 Å². The molecule has 3 rings (SSSR count). The Morgan fingerprint density at radius 1 is 1.20 bits per heavy atom. The van der Waals surface area contributed by atoms with E-state index in [2.05, 4.69) is 20.0 Å². The van der Waals surface area contributed by atoms with E-state index in [0.29, 0.717) is 16.9 Å². The molecule has 0 aliphatic rings. The van der Waals surface area contributed by atoms with E-state index in [4.69, 9.17) is 4.74 Å². The van der Waals surface area contributed by atoms with Gasteiger partial charge in [-0.05, 0) is 37.3 Å². The summed E-state index contributed by atoms with van der Waals surface area (Å²) < 4.78 is 11.2. The van der Waals surface area contributed by atoms with Crippen LogP contribution in [0.3, 0.4) is 0 Å². The minimum atomic E-state index is -0.437. The van der Waals surface area contributed by atoms with Crippen molar-refractivity contribution in [2.24, 2.45) is 0 Å². The number of nitrogens with zero attached hydrogens (tertiary/aromatic N) is 2. The average Bonchev–Trinajstić information content (AvgIpc) is 3.14. The molecule has 0 atom stereocenters. The van der Waals surface area contributed by atoms with Crippen molar-refractivity contribution in [1.29, 1.82) is 0 Å². The lowest BCUT2D eigenvalue weighted by atomic mass is 10.1. The van der Waals surface area contributed by atoms with Gasteiger partial charge >= 0.3 is 11.9 Å². The summed E-state index contributed by atoms with van der Waals surface area (Å²) >= 11 is 2.72. The van der Waals surface area contributed by atoms with E-state index in [1.807, 2.05) is 6.07 Å². The highest BCUT2D eigenvalue weighted by molar-refractivity contribution is 8.01. The minimum Gasteiger partial charge on any atom is -0.468 e. The number of aromatic nitrogens is 2. The molecule has 0 saturated heterocycles. The normalized spacial score (nSPS) is 10.6. The Hall–Kier alpha value is -2.98. The smallest absolute Gasteiger partial charge is 0.316 e. The van der Waals surface area contributed by atoms with E-state index in [-0.39, 0.29) is 30.7 Å². The molecular weight excluding hydrogens is 426 g/mol. The summed E-state index contributed by atoms with van der Waals surface area (Å²) in [6, 6.07) is 8.61. The summed E-state index contributed by atoms with van der Waals surface area (Å²) in [5.41, 5.74) is 2.03. The number of pyridine rings is 1. The maximum atomic E-state index is 12.8. The van der Waals surface area contributed by atoms with Gasteiger partial charge in [0, 0.05) is 11.9 Å². The van der Waals surface area contributed by atoms with Gasteiger partial charge in [-0.2, -0.15) is 0 Å². The quantitative estimate of drug-likeness (QED) is 0.416. The number of nitrogens with one attached hydrogen (secondary N) is 1. The van der Waals surface area contributed by atoms with Crippen LogP contribution in [0, 0.1) is 0 Å². The van der Waals surface area contributed by atoms with Gasteiger partial charge in [0.05, 0.1) is 47.4 Å². The standard InChI is InChI=1S/C20H19N3O5S2/c1-3-28-17(24)10-15-13(5-4-8-21-15)19(26)22-12-6-7-14-16(9-12)30-20(23-14)29-11-18(25)27-2/h4-9H,3,10-11H2,1-2H3,(H,22,26). The van der Waals surface area contributed by atoms with Gasteiger partial charge in [0.25, 0.3) is 5.91 Å². The highest BCUT2D eigenvalue weighted by Gasteiger charge is 2.16. The number of rotatable bonds is 8. The Morgan fingerprint density at radius 2 is 2.03 bits per heavy atom. The van der Waals surface area contributed by atoms with Crippen LogP contribution in [0.1, 0.15) is 23.0 Å². The van der Waals surface area contributed by atoms with Gasteiger partial charge in [-0.1, -0.05) is 11.8 Å². The summed E-state index contributed by atoms with van der Waals surface area (Å²) in [6.07, 6.45) is 1.45. The fourth-order valence-corrected chi connectivity index (χ4v) is 4.50. The second kappa shape index (κ2) is 10.2. The fraction of sp³-hybridized carbons (Fsp3) is 0.250. The maximum Gasteiger partial charge on any atom is 0.316 e. The first kappa shape index (κ1) is 21.7. The lowest BCUT2D eigenvalue weighted by Gasteiger charge is -2.09. The van der Waals surface area contributed by atoms with Gasteiger partial charge in [-0.25, -0.2) is 4.98 Å². The number of hydrogen-bond donors (Lipinski definition) is 1. The van der Waals surface area contributed by atoms with Gasteiger partial charge in [0.2, 0.25) is 0 Å². The monoisotopic (exact) mass is 445 g/mol. The van der Waals surface area contributed by atoms with Gasteiger partial charge in [-0.3, -0.25) is 19.4 Å². The number of ether oxygens (including phenoxy) is 2. The highest BCUT2D eigenvalue weighted by Crippen LogP contribution is 2.31. The number of amides is 1. The number of fused-ring (bicyclic) bond motifs is 1. The molecule has 8 nitrogen and oxygen atoms in total. The summed E-state index contributed by atoms with van der Waals surface area (Å²) in [5.74, 6) is -0.938. The number of esters is 2. The molecule has 10 heteroatoms. The Labute approximate surface area is 181 Å². The van der Waals surface area contributed by atoms with Crippen LogP contribution >= 0.6 is 23.1 Å². The molecule has 30 heavy (non-hydrogen) atoms. The molecule has 2 heterocycles. The minimum absolute atomic E-state index is 0.0773. The van der Waals surface area contributed by atoms with Gasteiger partial charge < -0.3 is 14.8 Å². The largest absolute Gasteiger partial charge is 0.468 e. The van der Waals surface area contributed by atoms with Crippen LogP contribution in [0.5, 0.6) is 0 Å². The Balaban J connectivity index is 1.74. The molecule has 0 spiro atoms. The first-order chi connectivity index (χ1) is 14.5. The van der Waals surface area contributed by atoms with E-state index in [1.54, 1.807) is 31.2 Å². The van der Waals surface area contributed by atoms with Crippen molar-refractivity contribution >= 4 is 56.8 Å². The third kappa shape index (κ3) is 5.55. The molecule has 0 bridgehead atoms. The zero-order valence-corrected chi connectivity index (χ0v) is 18.0. The van der Waals surface area contributed by atoms with Crippen LogP contribution in [0.25, 0.3) is 10.2 Å². The van der Waals surface area contributed by atoms with Crippen molar-refractivity contribution in [1.82, 2.24) is 9.97 Å². The lowest BCUT2D eigenvalue weighted by molar-refractivity contribution is -0.142. The Morgan fingerprint density at radius 3 is 2.80 bits per heavy atom. The number of thiazole rings is 1. The number of anilines is 1. The number of methoxy groups -OCH3 is 1. The summed E-state index contributed by atoms with van der Waals surface area (Å²) in [6.45, 7) is 1.99. The molecule has 1 N–H and O–H groups in total. The zero-order valence-electron chi connectivity index (χ0n) is 16.3. The third-order valence-electron chi connectivity index (χ3n) is 3.92. The zero-order chi connectivity index (χ0) is 21.5. The average molecular weight is 446 g/mol. The van der Waals surface area contributed by atoms with Crippen LogP contribution in [0.4, 0.5) is 5.69 Å². The van der Waals surface area contributed by atoms with Crippen molar-refractivity contribution in [2.45, 2.75) is 17.7 Å². The summed E-state index contributed by atoms with van der Waals surface area (Å²) in [4.78, 5) is 44.4. The number of hydrogen-bond acceptors (Lipinski definition) is 9. The molecule has 0 fully saturated rings. The Bertz CT molecular complexity index is 1080. The van der Waals surface area contributed by atoms with E-state index in [0.717, 1.165) is 14.6 Å². The number of thioether (sulfide) groups is 1. The second-order valence-corrected chi connectivity index (χ2v) is 8.21. The fourth-order valence-electron chi connectivity index (χ4n) is 2.56. The van der Waals surface area contributed by atoms with Crippen LogP contribution in [0.2, 0.25) is 0 Å². The second-order valence-electron chi connectivity index (χ2n) is 5.96. The van der Waals surface area contributed by atoms with Gasteiger partial charge in [0.1, 0.15) is 0 Å². The van der Waals surface area contributed by atoms with Crippen LogP contribution in [-0.2, 0) is 25.5 Å². The molecule has 0 aliphatic heterocycles. The molecule has 2 aromatic heterocycles. The van der Waals surface area contributed by atoms with Crippen molar-refractivity contribution in [3.63, 3.8) is 0 Å². The third-order valence-corrected chi connectivity index (χ3v) is 6.05.